The van der Waals surface area contributed by atoms with Crippen LogP contribution in [-0.4, -0.2) is 58.6 Å². The zero-order chi connectivity index (χ0) is 15.4. The molecule has 1 aliphatic heterocycles. The molecule has 0 unspecified atom stereocenters. The van der Waals surface area contributed by atoms with E-state index in [4.69, 9.17) is 5.11 Å². The lowest BCUT2D eigenvalue weighted by molar-refractivity contribution is -0.142. The van der Waals surface area contributed by atoms with Gasteiger partial charge in [-0.25, -0.2) is 4.79 Å². The van der Waals surface area contributed by atoms with Gasteiger partial charge in [-0.15, -0.1) is 0 Å². The minimum atomic E-state index is -0.822. The van der Waals surface area contributed by atoms with Crippen molar-refractivity contribution in [2.45, 2.75) is 13.3 Å². The first-order chi connectivity index (χ1) is 9.99. The average Bonchev–Trinajstić information content (AvgIpc) is 2.87. The summed E-state index contributed by atoms with van der Waals surface area (Å²) in [6, 6.07) is 3.76. The number of urea groups is 1. The Kier molecular flexibility index (Phi) is 4.77. The first kappa shape index (κ1) is 15.3. The predicted octanol–water partition coefficient (Wildman–Crippen LogP) is 1.33. The van der Waals surface area contributed by atoms with Gasteiger partial charge in [-0.3, -0.25) is 9.78 Å². The van der Waals surface area contributed by atoms with Crippen molar-refractivity contribution in [3.8, 4) is 0 Å². The number of aliphatic carboxylic acids is 1. The quantitative estimate of drug-likeness (QED) is 0.908. The SMILES string of the molecule is C[C@@H]1CN(C(=O)N(C)CCc2ccncc2)C[C@H]1C(=O)O. The molecule has 1 N–H and O–H groups in total. The van der Waals surface area contributed by atoms with Gasteiger partial charge in [0.1, 0.15) is 0 Å². The van der Waals surface area contributed by atoms with Gasteiger partial charge in [0.05, 0.1) is 5.92 Å². The van der Waals surface area contributed by atoms with Crippen LogP contribution in [0.4, 0.5) is 4.79 Å². The molecule has 2 heterocycles. The van der Waals surface area contributed by atoms with Crippen LogP contribution in [0.1, 0.15) is 12.5 Å². The molecule has 0 radical (unpaired) electrons. The van der Waals surface area contributed by atoms with E-state index in [0.717, 1.165) is 12.0 Å². The van der Waals surface area contributed by atoms with Crippen molar-refractivity contribution in [3.63, 3.8) is 0 Å². The summed E-state index contributed by atoms with van der Waals surface area (Å²) in [6.07, 6.45) is 4.23. The largest absolute Gasteiger partial charge is 0.481 e. The van der Waals surface area contributed by atoms with E-state index in [-0.39, 0.29) is 11.9 Å². The summed E-state index contributed by atoms with van der Waals surface area (Å²) in [5.41, 5.74) is 1.13. The number of hydrogen-bond donors (Lipinski definition) is 1. The number of nitrogens with zero attached hydrogens (tertiary/aromatic N) is 3. The third-order valence-electron chi connectivity index (χ3n) is 4.01. The van der Waals surface area contributed by atoms with E-state index in [1.807, 2.05) is 19.1 Å². The lowest BCUT2D eigenvalue weighted by atomic mass is 9.99. The summed E-state index contributed by atoms with van der Waals surface area (Å²) in [5, 5.41) is 9.12. The molecule has 1 aromatic heterocycles. The highest BCUT2D eigenvalue weighted by molar-refractivity contribution is 5.77. The van der Waals surface area contributed by atoms with E-state index in [2.05, 4.69) is 4.98 Å². The van der Waals surface area contributed by atoms with Crippen LogP contribution in [-0.2, 0) is 11.2 Å². The van der Waals surface area contributed by atoms with Gasteiger partial charge >= 0.3 is 12.0 Å². The highest BCUT2D eigenvalue weighted by atomic mass is 16.4. The standard InChI is InChI=1S/C15H21N3O3/c1-11-9-18(10-13(11)14(19)20)15(21)17(2)8-5-12-3-6-16-7-4-12/h3-4,6-7,11,13H,5,8-10H2,1-2H3,(H,19,20)/t11-,13-/m1/s1. The third-order valence-corrected chi connectivity index (χ3v) is 4.01. The Labute approximate surface area is 124 Å². The number of likely N-dealkylation sites (N-methyl/N-ethyl adjacent to an activating group) is 1. The van der Waals surface area contributed by atoms with Gasteiger partial charge in [-0.2, -0.15) is 0 Å². The number of carboxylic acids is 1. The first-order valence-corrected chi connectivity index (χ1v) is 7.10. The number of carbonyl (C=O) groups excluding carboxylic acids is 1. The molecule has 0 aromatic carbocycles. The number of aromatic nitrogens is 1. The van der Waals surface area contributed by atoms with Crippen LogP contribution in [0, 0.1) is 11.8 Å². The topological polar surface area (TPSA) is 73.7 Å². The Morgan fingerprint density at radius 2 is 2.05 bits per heavy atom. The molecule has 6 nitrogen and oxygen atoms in total. The van der Waals surface area contributed by atoms with E-state index in [1.54, 1.807) is 29.2 Å². The number of carboxylic acid groups (broad SMARTS) is 1. The van der Waals surface area contributed by atoms with Crippen LogP contribution in [0.15, 0.2) is 24.5 Å². The fraction of sp³-hybridized carbons (Fsp3) is 0.533. The molecule has 114 valence electrons. The number of carbonyl (C=O) groups is 2. The molecule has 0 saturated carbocycles. The van der Waals surface area contributed by atoms with Gasteiger partial charge in [0.15, 0.2) is 0 Å². The minimum Gasteiger partial charge on any atom is -0.481 e. The van der Waals surface area contributed by atoms with Gasteiger partial charge in [0, 0.05) is 39.1 Å². The third kappa shape index (κ3) is 3.71. The maximum absolute atomic E-state index is 12.3. The lowest BCUT2D eigenvalue weighted by Gasteiger charge is -2.24. The Hall–Kier alpha value is -2.11. The molecule has 1 aliphatic rings. The predicted molar refractivity (Wildman–Crippen MR) is 77.8 cm³/mol. The molecule has 0 spiro atoms. The number of rotatable bonds is 4. The van der Waals surface area contributed by atoms with E-state index in [1.165, 1.54) is 0 Å². The zero-order valence-electron chi connectivity index (χ0n) is 12.4. The summed E-state index contributed by atoms with van der Waals surface area (Å²) >= 11 is 0. The zero-order valence-corrected chi connectivity index (χ0v) is 12.4. The first-order valence-electron chi connectivity index (χ1n) is 7.10. The highest BCUT2D eigenvalue weighted by Gasteiger charge is 2.37. The van der Waals surface area contributed by atoms with Gasteiger partial charge < -0.3 is 14.9 Å². The van der Waals surface area contributed by atoms with Crippen molar-refractivity contribution >= 4 is 12.0 Å². The van der Waals surface area contributed by atoms with Crippen LogP contribution in [0.25, 0.3) is 0 Å². The van der Waals surface area contributed by atoms with E-state index >= 15 is 0 Å². The number of amides is 2. The summed E-state index contributed by atoms with van der Waals surface area (Å²) in [7, 11) is 1.75. The monoisotopic (exact) mass is 291 g/mol. The fourth-order valence-electron chi connectivity index (χ4n) is 2.63. The maximum atomic E-state index is 12.3. The van der Waals surface area contributed by atoms with Crippen molar-refractivity contribution in [1.82, 2.24) is 14.8 Å². The Morgan fingerprint density at radius 1 is 1.38 bits per heavy atom. The minimum absolute atomic E-state index is 0.0000442. The van der Waals surface area contributed by atoms with Crippen LogP contribution < -0.4 is 0 Å². The number of likely N-dealkylation sites (tertiary alicyclic amines) is 1. The smallest absolute Gasteiger partial charge is 0.319 e. The molecule has 1 aromatic rings. The van der Waals surface area contributed by atoms with Gasteiger partial charge in [-0.1, -0.05) is 6.92 Å². The maximum Gasteiger partial charge on any atom is 0.319 e. The molecular formula is C15H21N3O3. The fourth-order valence-corrected chi connectivity index (χ4v) is 2.63. The Morgan fingerprint density at radius 3 is 2.62 bits per heavy atom. The summed E-state index contributed by atoms with van der Waals surface area (Å²) in [5.74, 6) is -1.28. The van der Waals surface area contributed by atoms with E-state index < -0.39 is 11.9 Å². The molecule has 2 amide bonds. The van der Waals surface area contributed by atoms with Crippen molar-refractivity contribution in [1.29, 1.82) is 0 Å². The van der Waals surface area contributed by atoms with E-state index in [0.29, 0.717) is 19.6 Å². The Bertz CT molecular complexity index is 506. The van der Waals surface area contributed by atoms with Gasteiger partial charge in [0.25, 0.3) is 0 Å². The van der Waals surface area contributed by atoms with Crippen LogP contribution in [0.5, 0.6) is 0 Å². The summed E-state index contributed by atoms with van der Waals surface area (Å²) in [4.78, 5) is 30.7. The highest BCUT2D eigenvalue weighted by Crippen LogP contribution is 2.23. The lowest BCUT2D eigenvalue weighted by Crippen LogP contribution is -2.41. The molecular weight excluding hydrogens is 270 g/mol. The van der Waals surface area contributed by atoms with Crippen molar-refractivity contribution in [3.05, 3.63) is 30.1 Å². The van der Waals surface area contributed by atoms with Crippen molar-refractivity contribution in [2.24, 2.45) is 11.8 Å². The molecule has 2 atom stereocenters. The molecule has 21 heavy (non-hydrogen) atoms. The average molecular weight is 291 g/mol. The van der Waals surface area contributed by atoms with Gasteiger partial charge in [-0.05, 0) is 30.0 Å². The second-order valence-electron chi connectivity index (χ2n) is 5.64. The second-order valence-corrected chi connectivity index (χ2v) is 5.64. The van der Waals surface area contributed by atoms with Crippen LogP contribution in [0.3, 0.4) is 0 Å². The van der Waals surface area contributed by atoms with Crippen LogP contribution >= 0.6 is 0 Å². The van der Waals surface area contributed by atoms with Crippen LogP contribution in [0.2, 0.25) is 0 Å². The summed E-state index contributed by atoms with van der Waals surface area (Å²) < 4.78 is 0. The van der Waals surface area contributed by atoms with Crippen molar-refractivity contribution < 1.29 is 14.7 Å². The molecule has 2 rings (SSSR count). The number of hydrogen-bond acceptors (Lipinski definition) is 3. The molecule has 1 fully saturated rings. The second kappa shape index (κ2) is 6.56. The number of pyridine rings is 1. The van der Waals surface area contributed by atoms with Crippen molar-refractivity contribution in [2.75, 3.05) is 26.7 Å². The normalized spacial score (nSPS) is 21.3. The molecule has 0 aliphatic carbocycles. The molecule has 1 saturated heterocycles. The van der Waals surface area contributed by atoms with Gasteiger partial charge in [0.2, 0.25) is 0 Å². The molecule has 6 heteroatoms. The summed E-state index contributed by atoms with van der Waals surface area (Å²) in [6.45, 7) is 3.29. The molecule has 0 bridgehead atoms. The van der Waals surface area contributed by atoms with E-state index in [9.17, 15) is 9.59 Å². The Balaban J connectivity index is 1.87.